The monoisotopic (exact) mass is 360 g/mol. The molecule has 3 N–H and O–H groups in total. The first-order chi connectivity index (χ1) is 9.83. The van der Waals surface area contributed by atoms with Crippen molar-refractivity contribution < 1.29 is 8.42 Å². The minimum Gasteiger partial charge on any atom is -0.389 e. The first-order valence-electron chi connectivity index (χ1n) is 6.04. The molecule has 0 unspecified atom stereocenters. The Morgan fingerprint density at radius 3 is 2.62 bits per heavy atom. The maximum absolute atomic E-state index is 12.3. The Balaban J connectivity index is 2.30. The van der Waals surface area contributed by atoms with Crippen molar-refractivity contribution in [2.45, 2.75) is 17.6 Å². The second kappa shape index (κ2) is 6.31. The number of sulfonamides is 1. The van der Waals surface area contributed by atoms with E-state index in [1.54, 1.807) is 24.3 Å². The SMILES string of the molecule is CCc1ccc(S(=O)(=O)Nc2ccc(C(N)=S)cc2Cl)s1. The van der Waals surface area contributed by atoms with Crippen LogP contribution in [0.3, 0.4) is 0 Å². The Kier molecular flexibility index (Phi) is 4.88. The summed E-state index contributed by atoms with van der Waals surface area (Å²) in [4.78, 5) is 1.21. The summed E-state index contributed by atoms with van der Waals surface area (Å²) in [6.45, 7) is 1.97. The molecule has 4 nitrogen and oxygen atoms in total. The Hall–Kier alpha value is -1.15. The van der Waals surface area contributed by atoms with Gasteiger partial charge in [-0.2, -0.15) is 0 Å². The van der Waals surface area contributed by atoms with Gasteiger partial charge in [0.15, 0.2) is 0 Å². The highest BCUT2D eigenvalue weighted by Gasteiger charge is 2.18. The smallest absolute Gasteiger partial charge is 0.271 e. The van der Waals surface area contributed by atoms with Crippen molar-refractivity contribution in [2.24, 2.45) is 5.73 Å². The predicted octanol–water partition coefficient (Wildman–Crippen LogP) is 3.40. The van der Waals surface area contributed by atoms with Gasteiger partial charge in [-0.1, -0.05) is 30.7 Å². The minimum atomic E-state index is -3.64. The van der Waals surface area contributed by atoms with E-state index in [9.17, 15) is 8.42 Å². The first-order valence-corrected chi connectivity index (χ1v) is 9.13. The molecule has 0 amide bonds. The summed E-state index contributed by atoms with van der Waals surface area (Å²) in [5.41, 5.74) is 6.38. The molecule has 1 heterocycles. The summed E-state index contributed by atoms with van der Waals surface area (Å²) in [6.07, 6.45) is 0.795. The predicted molar refractivity (Wildman–Crippen MR) is 91.8 cm³/mol. The third-order valence-corrected chi connectivity index (χ3v) is 6.38. The van der Waals surface area contributed by atoms with Gasteiger partial charge in [0, 0.05) is 10.4 Å². The number of thiocarbonyl (C=S) groups is 1. The summed E-state index contributed by atoms with van der Waals surface area (Å²) in [6, 6.07) is 8.09. The normalized spacial score (nSPS) is 11.3. The number of halogens is 1. The van der Waals surface area contributed by atoms with Crippen LogP contribution in [0.25, 0.3) is 0 Å². The van der Waals surface area contributed by atoms with Gasteiger partial charge in [-0.25, -0.2) is 8.42 Å². The van der Waals surface area contributed by atoms with Gasteiger partial charge < -0.3 is 5.73 Å². The third kappa shape index (κ3) is 3.74. The van der Waals surface area contributed by atoms with E-state index < -0.39 is 10.0 Å². The van der Waals surface area contributed by atoms with E-state index in [1.807, 2.05) is 6.92 Å². The van der Waals surface area contributed by atoms with Crippen LogP contribution in [0.15, 0.2) is 34.5 Å². The number of anilines is 1. The maximum Gasteiger partial charge on any atom is 0.271 e. The lowest BCUT2D eigenvalue weighted by molar-refractivity contribution is 0.603. The van der Waals surface area contributed by atoms with Crippen LogP contribution < -0.4 is 10.5 Å². The fraction of sp³-hybridized carbons (Fsp3) is 0.154. The Labute approximate surface area is 138 Å². The van der Waals surface area contributed by atoms with Gasteiger partial charge >= 0.3 is 0 Å². The molecule has 21 heavy (non-hydrogen) atoms. The van der Waals surface area contributed by atoms with Crippen LogP contribution >= 0.6 is 35.2 Å². The highest BCUT2D eigenvalue weighted by Crippen LogP contribution is 2.28. The topological polar surface area (TPSA) is 72.2 Å². The molecule has 1 aromatic carbocycles. The lowest BCUT2D eigenvalue weighted by atomic mass is 10.2. The van der Waals surface area contributed by atoms with Crippen LogP contribution in [0.2, 0.25) is 5.02 Å². The molecule has 0 aliphatic rings. The molecule has 2 aromatic rings. The van der Waals surface area contributed by atoms with Crippen molar-refractivity contribution in [3.05, 3.63) is 45.8 Å². The number of hydrogen-bond acceptors (Lipinski definition) is 4. The highest BCUT2D eigenvalue weighted by atomic mass is 35.5. The van der Waals surface area contributed by atoms with Crippen molar-refractivity contribution in [1.82, 2.24) is 0 Å². The van der Waals surface area contributed by atoms with E-state index in [2.05, 4.69) is 4.72 Å². The quantitative estimate of drug-likeness (QED) is 0.801. The van der Waals surface area contributed by atoms with Gasteiger partial charge in [0.2, 0.25) is 0 Å². The molecule has 8 heteroatoms. The Bertz CT molecular complexity index is 784. The summed E-state index contributed by atoms with van der Waals surface area (Å²) < 4.78 is 27.3. The summed E-state index contributed by atoms with van der Waals surface area (Å²) >= 11 is 12.1. The molecule has 0 radical (unpaired) electrons. The summed E-state index contributed by atoms with van der Waals surface area (Å²) in [5, 5.41) is 0.246. The number of aryl methyl sites for hydroxylation is 1. The second-order valence-electron chi connectivity index (χ2n) is 4.24. The largest absolute Gasteiger partial charge is 0.389 e. The van der Waals surface area contributed by atoms with Crippen molar-refractivity contribution in [1.29, 1.82) is 0 Å². The third-order valence-electron chi connectivity index (χ3n) is 2.75. The zero-order valence-electron chi connectivity index (χ0n) is 11.1. The van der Waals surface area contributed by atoms with Crippen molar-refractivity contribution >= 4 is 55.9 Å². The molecule has 0 aliphatic heterocycles. The number of hydrogen-bond donors (Lipinski definition) is 2. The van der Waals surface area contributed by atoms with Crippen LogP contribution in [0.1, 0.15) is 17.4 Å². The van der Waals surface area contributed by atoms with E-state index >= 15 is 0 Å². The molecule has 2 rings (SSSR count). The van der Waals surface area contributed by atoms with Crippen molar-refractivity contribution in [3.8, 4) is 0 Å². The van der Waals surface area contributed by atoms with E-state index in [0.29, 0.717) is 11.3 Å². The highest BCUT2D eigenvalue weighted by molar-refractivity contribution is 7.94. The maximum atomic E-state index is 12.3. The summed E-state index contributed by atoms with van der Waals surface area (Å²) in [7, 11) is -3.64. The molecule has 112 valence electrons. The number of benzene rings is 1. The number of nitrogens with two attached hydrogens (primary N) is 1. The van der Waals surface area contributed by atoms with E-state index in [1.165, 1.54) is 17.4 Å². The molecule has 1 aromatic heterocycles. The average molecular weight is 361 g/mol. The van der Waals surface area contributed by atoms with Crippen LogP contribution in [-0.4, -0.2) is 13.4 Å². The Morgan fingerprint density at radius 2 is 2.10 bits per heavy atom. The van der Waals surface area contributed by atoms with Gasteiger partial charge in [-0.15, -0.1) is 11.3 Å². The minimum absolute atomic E-state index is 0.206. The van der Waals surface area contributed by atoms with Gasteiger partial charge in [0.25, 0.3) is 10.0 Å². The zero-order chi connectivity index (χ0) is 15.6. The molecule has 0 atom stereocenters. The van der Waals surface area contributed by atoms with Gasteiger partial charge in [-0.3, -0.25) is 4.72 Å². The average Bonchev–Trinajstić information content (AvgIpc) is 2.90. The van der Waals surface area contributed by atoms with Gasteiger partial charge in [0.1, 0.15) is 9.20 Å². The van der Waals surface area contributed by atoms with E-state index in [4.69, 9.17) is 29.6 Å². The zero-order valence-corrected chi connectivity index (χ0v) is 14.3. The molecular formula is C13H13ClN2O2S3. The van der Waals surface area contributed by atoms with Crippen LogP contribution in [0.4, 0.5) is 5.69 Å². The number of thiophene rings is 1. The molecule has 0 saturated heterocycles. The number of rotatable bonds is 5. The van der Waals surface area contributed by atoms with Crippen LogP contribution in [-0.2, 0) is 16.4 Å². The molecular weight excluding hydrogens is 348 g/mol. The first kappa shape index (κ1) is 16.2. The lowest BCUT2D eigenvalue weighted by Crippen LogP contribution is -2.13. The van der Waals surface area contributed by atoms with Crippen LogP contribution in [0.5, 0.6) is 0 Å². The standard InChI is InChI=1S/C13H13ClN2O2S3/c1-2-9-4-6-12(20-9)21(17,18)16-11-5-3-8(13(15)19)7-10(11)14/h3-7,16H,2H2,1H3,(H2,15,19). The Morgan fingerprint density at radius 1 is 1.38 bits per heavy atom. The van der Waals surface area contributed by atoms with Gasteiger partial charge in [0.05, 0.1) is 10.7 Å². The van der Waals surface area contributed by atoms with Gasteiger partial charge in [-0.05, 0) is 36.8 Å². The van der Waals surface area contributed by atoms with Crippen molar-refractivity contribution in [2.75, 3.05) is 4.72 Å². The molecule has 0 saturated carbocycles. The van der Waals surface area contributed by atoms with Crippen molar-refractivity contribution in [3.63, 3.8) is 0 Å². The number of nitrogens with one attached hydrogen (secondary N) is 1. The fourth-order valence-corrected chi connectivity index (χ4v) is 4.42. The molecule has 0 aliphatic carbocycles. The van der Waals surface area contributed by atoms with E-state index in [0.717, 1.165) is 11.3 Å². The fourth-order valence-electron chi connectivity index (χ4n) is 1.64. The molecule has 0 spiro atoms. The van der Waals surface area contributed by atoms with Crippen LogP contribution in [0, 0.1) is 0 Å². The van der Waals surface area contributed by atoms with E-state index in [-0.39, 0.29) is 14.2 Å². The second-order valence-corrected chi connectivity index (χ2v) is 8.16. The summed E-state index contributed by atoms with van der Waals surface area (Å²) in [5.74, 6) is 0. The lowest BCUT2D eigenvalue weighted by Gasteiger charge is -2.09. The molecule has 0 fully saturated rings. The molecule has 0 bridgehead atoms.